The van der Waals surface area contributed by atoms with Gasteiger partial charge in [0.25, 0.3) is 5.91 Å². The first kappa shape index (κ1) is 43.6. The fourth-order valence-electron chi connectivity index (χ4n) is 12.7. The van der Waals surface area contributed by atoms with Gasteiger partial charge in [0.2, 0.25) is 0 Å². The average Bonchev–Trinajstić information content (AvgIpc) is 3.63. The molecule has 54 heavy (non-hydrogen) atoms. The van der Waals surface area contributed by atoms with E-state index in [1.54, 1.807) is 12.1 Å². The fraction of sp³-hybridized carbons (Fsp3) is 0.660. The van der Waals surface area contributed by atoms with Gasteiger partial charge in [-0.05, 0) is 160 Å². The Labute approximate surface area is 326 Å². The number of aliphatic hydroxyl groups excluding tert-OH is 1. The minimum absolute atomic E-state index is 0.0816. The van der Waals surface area contributed by atoms with Crippen LogP contribution < -0.4 is 10.6 Å². The number of carbonyl (C=O) groups is 4. The van der Waals surface area contributed by atoms with Crippen molar-refractivity contribution in [3.63, 3.8) is 0 Å². The van der Waals surface area contributed by atoms with Crippen molar-refractivity contribution >= 4 is 24.8 Å². The lowest BCUT2D eigenvalue weighted by Crippen LogP contribution is -2.61. The van der Waals surface area contributed by atoms with E-state index >= 15 is 0 Å². The molecule has 8 unspecified atom stereocenters. The molecule has 5 fully saturated rings. The van der Waals surface area contributed by atoms with Gasteiger partial charge in [0.05, 0.1) is 0 Å². The van der Waals surface area contributed by atoms with Crippen molar-refractivity contribution in [2.75, 3.05) is 20.7 Å². The van der Waals surface area contributed by atoms with Crippen LogP contribution in [0.2, 0.25) is 0 Å². The number of amides is 1. The van der Waals surface area contributed by atoms with Gasteiger partial charge in [-0.1, -0.05) is 76.9 Å². The third kappa shape index (κ3) is 9.10. The molecule has 8 atom stereocenters. The molecule has 0 aromatic heterocycles. The number of likely N-dealkylation sites (N-methyl/N-ethyl adjacent to an activating group) is 1. The van der Waals surface area contributed by atoms with Crippen molar-refractivity contribution in [1.82, 2.24) is 10.6 Å². The summed E-state index contributed by atoms with van der Waals surface area (Å²) in [6.45, 7) is 13.3. The highest BCUT2D eigenvalue weighted by Crippen LogP contribution is 2.72. The second-order valence-electron chi connectivity index (χ2n) is 18.1. The van der Waals surface area contributed by atoms with Crippen LogP contribution in [0.1, 0.15) is 144 Å². The third-order valence-electron chi connectivity index (χ3n) is 15.0. The maximum Gasteiger partial charge on any atom is 0.251 e. The van der Waals surface area contributed by atoms with E-state index in [-0.39, 0.29) is 11.3 Å². The van der Waals surface area contributed by atoms with E-state index < -0.39 is 0 Å². The first-order valence-corrected chi connectivity index (χ1v) is 20.8. The molecule has 3 N–H and O–H groups in total. The quantitative estimate of drug-likeness (QED) is 0.233. The highest BCUT2D eigenvalue weighted by atomic mass is 16.2. The second-order valence-corrected chi connectivity index (χ2v) is 18.1. The van der Waals surface area contributed by atoms with Gasteiger partial charge in [0.1, 0.15) is 18.9 Å². The first-order valence-electron chi connectivity index (χ1n) is 20.8. The largest absolute Gasteiger partial charge is 0.400 e. The summed E-state index contributed by atoms with van der Waals surface area (Å²) in [5.41, 5.74) is 5.12. The zero-order valence-electron chi connectivity index (χ0n) is 34.4. The number of rotatable bonds is 8. The summed E-state index contributed by atoms with van der Waals surface area (Å²) in [5.74, 6) is 4.23. The van der Waals surface area contributed by atoms with Crippen molar-refractivity contribution < 1.29 is 24.3 Å². The Hall–Kier alpha value is -3.16. The number of carbonyl (C=O) groups excluding carboxylic acids is 4. The number of fused-ring (bicyclic) bond motifs is 7. The lowest BCUT2D eigenvalue weighted by atomic mass is 9.36. The number of aliphatic hydroxyl groups is 1. The summed E-state index contributed by atoms with van der Waals surface area (Å²) >= 11 is 0. The average molecular weight is 743 g/mol. The summed E-state index contributed by atoms with van der Waals surface area (Å²) in [6.07, 6.45) is 20.4. The maximum absolute atomic E-state index is 12.2. The number of aldehydes is 3. The lowest BCUT2D eigenvalue weighted by molar-refractivity contribution is -0.194. The van der Waals surface area contributed by atoms with Gasteiger partial charge < -0.3 is 25.3 Å². The van der Waals surface area contributed by atoms with E-state index in [1.165, 1.54) is 90.3 Å². The van der Waals surface area contributed by atoms with Crippen LogP contribution >= 0.6 is 0 Å². The summed E-state index contributed by atoms with van der Waals surface area (Å²) in [7, 11) is 2.91. The molecule has 0 heterocycles. The van der Waals surface area contributed by atoms with Crippen LogP contribution in [0.5, 0.6) is 0 Å². The lowest BCUT2D eigenvalue weighted by Gasteiger charge is -2.68. The molecule has 7 heteroatoms. The van der Waals surface area contributed by atoms with Crippen LogP contribution in [0.4, 0.5) is 0 Å². The molecule has 7 rings (SSSR count). The monoisotopic (exact) mass is 743 g/mol. The Kier molecular flexibility index (Phi) is 15.4. The Morgan fingerprint density at radius 2 is 1.50 bits per heavy atom. The van der Waals surface area contributed by atoms with Crippen LogP contribution in [-0.4, -0.2) is 50.6 Å². The van der Waals surface area contributed by atoms with E-state index in [9.17, 15) is 14.4 Å². The van der Waals surface area contributed by atoms with Gasteiger partial charge in [-0.15, -0.1) is 0 Å². The summed E-state index contributed by atoms with van der Waals surface area (Å²) in [5, 5.41) is 13.0. The minimum atomic E-state index is -0.0919. The van der Waals surface area contributed by atoms with Crippen molar-refractivity contribution in [1.29, 1.82) is 0 Å². The smallest absolute Gasteiger partial charge is 0.251 e. The van der Waals surface area contributed by atoms with Gasteiger partial charge in [-0.3, -0.25) is 9.59 Å². The molecular weight excluding hydrogens is 673 g/mol. The first-order chi connectivity index (χ1) is 25.9. The van der Waals surface area contributed by atoms with Crippen LogP contribution in [-0.2, 0) is 22.6 Å². The molecule has 5 aliphatic rings. The van der Waals surface area contributed by atoms with E-state index in [0.717, 1.165) is 73.4 Å². The Balaban J connectivity index is 0.000000219. The molecule has 0 bridgehead atoms. The fourth-order valence-corrected chi connectivity index (χ4v) is 12.7. The van der Waals surface area contributed by atoms with Gasteiger partial charge in [-0.25, -0.2) is 0 Å². The standard InChI is InChI=1S/C26H42O.C18H20N2O2.C2H4O.CH4O/c1-23(2)12-6-13-25(4)21(23)11-15-24(3)19-10-16-26(17-27)14-5-7-20(26)18(19)8-9-22(24)25;1-19-10-9-14-3-2-4-17(11-14)18(22)20-12-15-5-7-16(13-21)8-6-15;1-2-3;1-2/h17-22H,5-16H2,1-4H3;2-8,11,13,19H,9-10,12H2,1H3,(H,20,22);2H,1H3;2H,1H3. The van der Waals surface area contributed by atoms with Crippen molar-refractivity contribution in [3.8, 4) is 0 Å². The molecule has 298 valence electrons. The van der Waals surface area contributed by atoms with Gasteiger partial charge in [0, 0.05) is 30.2 Å². The summed E-state index contributed by atoms with van der Waals surface area (Å²) in [4.78, 5) is 43.7. The molecule has 7 nitrogen and oxygen atoms in total. The zero-order chi connectivity index (χ0) is 39.6. The Morgan fingerprint density at radius 3 is 2.17 bits per heavy atom. The molecular formula is C47H70N2O5. The Morgan fingerprint density at radius 1 is 0.778 bits per heavy atom. The molecule has 0 spiro atoms. The molecule has 1 amide bonds. The maximum atomic E-state index is 12.2. The van der Waals surface area contributed by atoms with Crippen LogP contribution in [0.3, 0.4) is 0 Å². The third-order valence-corrected chi connectivity index (χ3v) is 15.0. The van der Waals surface area contributed by atoms with E-state index in [2.05, 4.69) is 38.3 Å². The van der Waals surface area contributed by atoms with Crippen molar-refractivity contribution in [2.45, 2.75) is 125 Å². The molecule has 0 saturated heterocycles. The molecule has 0 aliphatic heterocycles. The second kappa shape index (κ2) is 19.1. The molecule has 2 aromatic rings. The number of nitrogens with one attached hydrogen (secondary N) is 2. The zero-order valence-corrected chi connectivity index (χ0v) is 34.4. The van der Waals surface area contributed by atoms with Gasteiger partial charge in [-0.2, -0.15) is 0 Å². The molecule has 5 aliphatic carbocycles. The van der Waals surface area contributed by atoms with E-state index in [1.807, 2.05) is 43.4 Å². The normalized spacial score (nSPS) is 32.7. The van der Waals surface area contributed by atoms with Crippen molar-refractivity contribution in [3.05, 3.63) is 70.8 Å². The van der Waals surface area contributed by atoms with E-state index in [0.29, 0.717) is 33.9 Å². The Bertz CT molecular complexity index is 1540. The SMILES string of the molecule is CC1(C)CCCC2(C)C1CCC1(C)C3CCC4(C=O)CCCC4C3CCC12.CC=O.CNCCc1cccc(C(=O)NCc2ccc(C=O)cc2)c1.CO. The molecule has 2 aromatic carbocycles. The minimum Gasteiger partial charge on any atom is -0.400 e. The number of hydrogen-bond acceptors (Lipinski definition) is 6. The highest BCUT2D eigenvalue weighted by Gasteiger charge is 2.65. The van der Waals surface area contributed by atoms with Gasteiger partial charge >= 0.3 is 0 Å². The summed E-state index contributed by atoms with van der Waals surface area (Å²) < 4.78 is 0. The van der Waals surface area contributed by atoms with Crippen LogP contribution in [0.15, 0.2) is 48.5 Å². The predicted octanol–water partition coefficient (Wildman–Crippen LogP) is 9.05. The van der Waals surface area contributed by atoms with Crippen molar-refractivity contribution in [2.24, 2.45) is 51.2 Å². The van der Waals surface area contributed by atoms with Gasteiger partial charge in [0.15, 0.2) is 0 Å². The summed E-state index contributed by atoms with van der Waals surface area (Å²) in [6, 6.07) is 14.8. The van der Waals surface area contributed by atoms with Crippen LogP contribution in [0.25, 0.3) is 0 Å². The highest BCUT2D eigenvalue weighted by molar-refractivity contribution is 5.94. The topological polar surface area (TPSA) is 113 Å². The molecule has 5 saturated carbocycles. The predicted molar refractivity (Wildman–Crippen MR) is 218 cm³/mol. The van der Waals surface area contributed by atoms with Crippen LogP contribution in [0, 0.1) is 51.2 Å². The van der Waals surface area contributed by atoms with E-state index in [4.69, 9.17) is 9.90 Å². The number of hydrogen-bond donors (Lipinski definition) is 3. The molecule has 0 radical (unpaired) electrons. The number of benzene rings is 2.